The third-order valence-corrected chi connectivity index (χ3v) is 3.94. The Morgan fingerprint density at radius 3 is 2.33 bits per heavy atom. The van der Waals surface area contributed by atoms with Gasteiger partial charge in [-0.15, -0.1) is 0 Å². The number of hydrogen-bond donors (Lipinski definition) is 1. The number of hydrogen-bond acceptors (Lipinski definition) is 1. The number of H-pyrrole nitrogens is 1. The van der Waals surface area contributed by atoms with Gasteiger partial charge >= 0.3 is 0 Å². The molecule has 108 valence electrons. The molecule has 0 aliphatic rings. The average molecular weight is 300 g/mol. The fraction of sp³-hybridized carbons (Fsp3) is 0.235. The second-order valence-corrected chi connectivity index (χ2v) is 6.58. The van der Waals surface area contributed by atoms with E-state index in [1.807, 2.05) is 22.8 Å². The van der Waals surface area contributed by atoms with Crippen molar-refractivity contribution in [3.63, 3.8) is 0 Å². The van der Waals surface area contributed by atoms with Crippen molar-refractivity contribution < 1.29 is 4.39 Å². The average Bonchev–Trinajstić information content (AvgIpc) is 2.76. The molecule has 1 heterocycles. The molecule has 0 aliphatic carbocycles. The van der Waals surface area contributed by atoms with E-state index in [1.54, 1.807) is 6.07 Å². The predicted molar refractivity (Wildman–Crippen MR) is 87.1 cm³/mol. The van der Waals surface area contributed by atoms with Gasteiger partial charge in [0.25, 0.3) is 0 Å². The molecule has 0 amide bonds. The summed E-state index contributed by atoms with van der Waals surface area (Å²) in [5, 5.41) is 0. The maximum absolute atomic E-state index is 13.8. The van der Waals surface area contributed by atoms with Crippen LogP contribution in [-0.4, -0.2) is 9.55 Å². The SMILES string of the molecule is CC(C)(C)c1ccc(-n2c(=S)[nH]c3c(F)cccc32)cc1. The van der Waals surface area contributed by atoms with E-state index in [-0.39, 0.29) is 11.2 Å². The summed E-state index contributed by atoms with van der Waals surface area (Å²) in [6.07, 6.45) is 0. The number of aromatic nitrogens is 2. The van der Waals surface area contributed by atoms with E-state index in [9.17, 15) is 4.39 Å². The van der Waals surface area contributed by atoms with Crippen molar-refractivity contribution in [1.82, 2.24) is 9.55 Å². The van der Waals surface area contributed by atoms with Crippen molar-refractivity contribution >= 4 is 23.3 Å². The van der Waals surface area contributed by atoms with Crippen molar-refractivity contribution in [3.8, 4) is 5.69 Å². The van der Waals surface area contributed by atoms with E-state index in [0.717, 1.165) is 11.2 Å². The quantitative estimate of drug-likeness (QED) is 0.618. The summed E-state index contributed by atoms with van der Waals surface area (Å²) < 4.78 is 16.2. The highest BCUT2D eigenvalue weighted by molar-refractivity contribution is 7.71. The Balaban J connectivity index is 2.19. The monoisotopic (exact) mass is 300 g/mol. The van der Waals surface area contributed by atoms with Crippen LogP contribution in [0.25, 0.3) is 16.7 Å². The van der Waals surface area contributed by atoms with Gasteiger partial charge in [0.2, 0.25) is 0 Å². The van der Waals surface area contributed by atoms with Crippen LogP contribution in [0.15, 0.2) is 42.5 Å². The Morgan fingerprint density at radius 2 is 1.71 bits per heavy atom. The topological polar surface area (TPSA) is 20.7 Å². The van der Waals surface area contributed by atoms with Gasteiger partial charge in [-0.05, 0) is 47.5 Å². The molecule has 21 heavy (non-hydrogen) atoms. The molecule has 0 bridgehead atoms. The van der Waals surface area contributed by atoms with Gasteiger partial charge in [0.05, 0.1) is 5.52 Å². The van der Waals surface area contributed by atoms with Crippen LogP contribution in [0.1, 0.15) is 26.3 Å². The van der Waals surface area contributed by atoms with Gasteiger partial charge in [-0.2, -0.15) is 0 Å². The largest absolute Gasteiger partial charge is 0.328 e. The summed E-state index contributed by atoms with van der Waals surface area (Å²) in [6, 6.07) is 13.2. The number of halogens is 1. The van der Waals surface area contributed by atoms with Gasteiger partial charge in [0, 0.05) is 5.69 Å². The molecule has 0 saturated carbocycles. The highest BCUT2D eigenvalue weighted by Crippen LogP contribution is 2.25. The maximum Gasteiger partial charge on any atom is 0.182 e. The second kappa shape index (κ2) is 4.81. The van der Waals surface area contributed by atoms with Crippen molar-refractivity contribution in [2.75, 3.05) is 0 Å². The predicted octanol–water partition coefficient (Wildman–Crippen LogP) is 5.12. The van der Waals surface area contributed by atoms with Crippen LogP contribution in [0.4, 0.5) is 4.39 Å². The number of para-hydroxylation sites is 1. The summed E-state index contributed by atoms with van der Waals surface area (Å²) >= 11 is 5.34. The third kappa shape index (κ3) is 2.40. The first-order chi connectivity index (χ1) is 9.88. The number of nitrogens with one attached hydrogen (secondary N) is 1. The Hall–Kier alpha value is -1.94. The highest BCUT2D eigenvalue weighted by Gasteiger charge is 2.14. The minimum atomic E-state index is -0.288. The normalized spacial score (nSPS) is 12.0. The molecule has 3 rings (SSSR count). The summed E-state index contributed by atoms with van der Waals surface area (Å²) in [5.74, 6) is -0.288. The minimum Gasteiger partial charge on any atom is -0.328 e. The lowest BCUT2D eigenvalue weighted by Crippen LogP contribution is -2.10. The van der Waals surface area contributed by atoms with Crippen LogP contribution in [0.5, 0.6) is 0 Å². The van der Waals surface area contributed by atoms with Gasteiger partial charge in [0.15, 0.2) is 4.77 Å². The Bertz CT molecular complexity index is 851. The van der Waals surface area contributed by atoms with E-state index in [2.05, 4.69) is 37.9 Å². The summed E-state index contributed by atoms with van der Waals surface area (Å²) in [6.45, 7) is 6.53. The lowest BCUT2D eigenvalue weighted by molar-refractivity contribution is 0.590. The lowest BCUT2D eigenvalue weighted by Gasteiger charge is -2.19. The molecule has 0 radical (unpaired) electrons. The molecule has 1 N–H and O–H groups in total. The van der Waals surface area contributed by atoms with Crippen LogP contribution in [0, 0.1) is 10.6 Å². The maximum atomic E-state index is 13.8. The number of fused-ring (bicyclic) bond motifs is 1. The number of benzene rings is 2. The van der Waals surface area contributed by atoms with E-state index < -0.39 is 0 Å². The fourth-order valence-electron chi connectivity index (χ4n) is 2.46. The van der Waals surface area contributed by atoms with Crippen molar-refractivity contribution in [3.05, 3.63) is 58.6 Å². The Morgan fingerprint density at radius 1 is 1.05 bits per heavy atom. The second-order valence-electron chi connectivity index (χ2n) is 6.20. The molecule has 0 atom stereocenters. The fourth-order valence-corrected chi connectivity index (χ4v) is 2.77. The molecule has 0 saturated heterocycles. The standard InChI is InChI=1S/C17H17FN2S/c1-17(2,3)11-7-9-12(10-8-11)20-14-6-4-5-13(18)15(14)19-16(20)21/h4-10H,1-3H3,(H,19,21). The molecular weight excluding hydrogens is 283 g/mol. The smallest absolute Gasteiger partial charge is 0.182 e. The Kier molecular flexibility index (Phi) is 3.21. The molecule has 0 aliphatic heterocycles. The molecule has 0 spiro atoms. The first-order valence-corrected chi connectivity index (χ1v) is 7.29. The molecular formula is C17H17FN2S. The van der Waals surface area contributed by atoms with E-state index in [4.69, 9.17) is 12.2 Å². The van der Waals surface area contributed by atoms with Gasteiger partial charge < -0.3 is 4.98 Å². The van der Waals surface area contributed by atoms with Gasteiger partial charge in [-0.1, -0.05) is 39.0 Å². The summed E-state index contributed by atoms with van der Waals surface area (Å²) in [5.41, 5.74) is 3.49. The van der Waals surface area contributed by atoms with Gasteiger partial charge in [-0.3, -0.25) is 4.57 Å². The third-order valence-electron chi connectivity index (χ3n) is 3.66. The summed E-state index contributed by atoms with van der Waals surface area (Å²) in [4.78, 5) is 2.94. The van der Waals surface area contributed by atoms with Crippen LogP contribution in [0.2, 0.25) is 0 Å². The van der Waals surface area contributed by atoms with Crippen molar-refractivity contribution in [1.29, 1.82) is 0 Å². The molecule has 2 nitrogen and oxygen atoms in total. The molecule has 4 heteroatoms. The first kappa shape index (κ1) is 14.0. The van der Waals surface area contributed by atoms with Crippen LogP contribution in [0.3, 0.4) is 0 Å². The summed E-state index contributed by atoms with van der Waals surface area (Å²) in [7, 11) is 0. The van der Waals surface area contributed by atoms with Crippen LogP contribution >= 0.6 is 12.2 Å². The number of nitrogens with zero attached hydrogens (tertiary/aromatic N) is 1. The molecule has 0 unspecified atom stereocenters. The zero-order valence-electron chi connectivity index (χ0n) is 12.3. The van der Waals surface area contributed by atoms with Crippen molar-refractivity contribution in [2.24, 2.45) is 0 Å². The van der Waals surface area contributed by atoms with Gasteiger partial charge in [-0.25, -0.2) is 4.39 Å². The lowest BCUT2D eigenvalue weighted by atomic mass is 9.87. The molecule has 2 aromatic carbocycles. The van der Waals surface area contributed by atoms with Crippen molar-refractivity contribution in [2.45, 2.75) is 26.2 Å². The Labute approximate surface area is 128 Å². The van der Waals surface area contributed by atoms with Crippen LogP contribution < -0.4 is 0 Å². The van der Waals surface area contributed by atoms with Gasteiger partial charge in [0.1, 0.15) is 11.3 Å². The first-order valence-electron chi connectivity index (χ1n) is 6.88. The molecule has 3 aromatic rings. The number of rotatable bonds is 1. The zero-order chi connectivity index (χ0) is 15.2. The van der Waals surface area contributed by atoms with E-state index in [0.29, 0.717) is 10.3 Å². The highest BCUT2D eigenvalue weighted by atomic mass is 32.1. The van der Waals surface area contributed by atoms with E-state index >= 15 is 0 Å². The zero-order valence-corrected chi connectivity index (χ0v) is 13.1. The minimum absolute atomic E-state index is 0.103. The molecule has 1 aromatic heterocycles. The van der Waals surface area contributed by atoms with E-state index in [1.165, 1.54) is 11.6 Å². The molecule has 0 fully saturated rings. The van der Waals surface area contributed by atoms with Crippen LogP contribution in [-0.2, 0) is 5.41 Å². The number of imidazole rings is 1. The number of aromatic amines is 1.